The molecule has 1 aliphatic carbocycles. The van der Waals surface area contributed by atoms with Gasteiger partial charge >= 0.3 is 5.97 Å². The third-order valence-electron chi connectivity index (χ3n) is 7.29. The van der Waals surface area contributed by atoms with Crippen molar-refractivity contribution in [1.82, 2.24) is 14.5 Å². The van der Waals surface area contributed by atoms with E-state index in [1.807, 2.05) is 30.3 Å². The van der Waals surface area contributed by atoms with Crippen LogP contribution in [0.4, 0.5) is 5.69 Å². The van der Waals surface area contributed by atoms with Gasteiger partial charge in [-0.25, -0.2) is 13.4 Å². The molecule has 0 spiro atoms. The third-order valence-corrected chi connectivity index (χ3v) is 9.10. The first-order valence-corrected chi connectivity index (χ1v) is 14.7. The summed E-state index contributed by atoms with van der Waals surface area (Å²) in [7, 11) is -4.28. The summed E-state index contributed by atoms with van der Waals surface area (Å²) in [5.41, 5.74) is 9.33. The van der Waals surface area contributed by atoms with E-state index in [1.165, 1.54) is 12.3 Å². The summed E-state index contributed by atoms with van der Waals surface area (Å²) in [6, 6.07) is 21.3. The number of pyridine rings is 1. The van der Waals surface area contributed by atoms with Gasteiger partial charge in [-0.3, -0.25) is 19.5 Å². The van der Waals surface area contributed by atoms with Crippen LogP contribution in [0.3, 0.4) is 0 Å². The number of rotatable bonds is 10. The van der Waals surface area contributed by atoms with Crippen LogP contribution >= 0.6 is 0 Å². The fraction of sp³-hybridized carbons (Fsp3) is 0.200. The van der Waals surface area contributed by atoms with E-state index in [9.17, 15) is 18.3 Å². The molecule has 11 heteroatoms. The number of fused-ring (bicyclic) bond motifs is 2. The van der Waals surface area contributed by atoms with E-state index in [0.29, 0.717) is 28.9 Å². The molecule has 2 aromatic heterocycles. The van der Waals surface area contributed by atoms with Crippen LogP contribution in [0.15, 0.2) is 83.9 Å². The number of nitrogens with two attached hydrogens (primary N) is 1. The van der Waals surface area contributed by atoms with E-state index >= 15 is 0 Å². The summed E-state index contributed by atoms with van der Waals surface area (Å²) < 4.78 is 30.9. The lowest BCUT2D eigenvalue weighted by Crippen LogP contribution is -2.36. The van der Waals surface area contributed by atoms with Gasteiger partial charge in [0, 0.05) is 29.6 Å². The maximum absolute atomic E-state index is 13.9. The number of imidazole rings is 1. The number of aliphatic carboxylic acids is 1. The number of carboxylic acids is 1. The highest BCUT2D eigenvalue weighted by atomic mass is 32.2. The number of sulfonamides is 1. The zero-order valence-electron chi connectivity index (χ0n) is 22.1. The molecular weight excluding hydrogens is 540 g/mol. The van der Waals surface area contributed by atoms with Crippen LogP contribution in [-0.2, 0) is 27.7 Å². The van der Waals surface area contributed by atoms with Gasteiger partial charge in [0.2, 0.25) is 0 Å². The Hall–Kier alpha value is -4.77. The number of benzene rings is 3. The van der Waals surface area contributed by atoms with Crippen molar-refractivity contribution in [2.24, 2.45) is 5.73 Å². The van der Waals surface area contributed by atoms with Crippen LogP contribution < -0.4 is 10.0 Å². The monoisotopic (exact) mass is 568 g/mol. The zero-order valence-corrected chi connectivity index (χ0v) is 22.9. The van der Waals surface area contributed by atoms with Crippen molar-refractivity contribution < 1.29 is 18.3 Å². The molecule has 3 aromatic carbocycles. The molecule has 1 saturated carbocycles. The van der Waals surface area contributed by atoms with E-state index in [0.717, 1.165) is 40.5 Å². The molecule has 0 amide bonds. The molecule has 10 nitrogen and oxygen atoms in total. The summed E-state index contributed by atoms with van der Waals surface area (Å²) in [5.74, 6) is -0.360. The Kier molecular flexibility index (Phi) is 6.66. The fourth-order valence-corrected chi connectivity index (χ4v) is 6.73. The van der Waals surface area contributed by atoms with E-state index in [-0.39, 0.29) is 21.9 Å². The number of para-hydroxylation sites is 1. The Morgan fingerprint density at radius 1 is 1.05 bits per heavy atom. The molecule has 0 atom stereocenters. The molecular formula is C30H28N6O4S. The number of hydrogen-bond acceptors (Lipinski definition) is 6. The number of nitrogens with one attached hydrogen (secondary N) is 1. The minimum Gasteiger partial charge on any atom is -0.480 e. The summed E-state index contributed by atoms with van der Waals surface area (Å²) in [4.78, 5) is 21.0. The summed E-state index contributed by atoms with van der Waals surface area (Å²) >= 11 is 0. The van der Waals surface area contributed by atoms with Gasteiger partial charge in [-0.2, -0.15) is 0 Å². The average Bonchev–Trinajstić information content (AvgIpc) is 3.74. The lowest BCUT2D eigenvalue weighted by molar-refractivity contribution is -0.135. The normalized spacial score (nSPS) is 13.5. The number of nitrogen functional groups attached to an aromatic ring is 1. The number of anilines is 1. The molecule has 0 unspecified atom stereocenters. The number of aromatic nitrogens is 3. The molecule has 0 aliphatic heterocycles. The molecule has 4 N–H and O–H groups in total. The lowest BCUT2D eigenvalue weighted by atomic mass is 10.1. The number of carbonyl (C=O) groups is 1. The molecule has 41 heavy (non-hydrogen) atoms. The SMILES string of the molecule is N=C(N)c1ccc(CCc2nc3cc(N(CC(=O)O)S(=O)(=O)c4cccc5cccnc45)ccc3n2C2CC2)cc1. The Morgan fingerprint density at radius 2 is 1.80 bits per heavy atom. The van der Waals surface area contributed by atoms with E-state index in [2.05, 4.69) is 9.55 Å². The summed E-state index contributed by atoms with van der Waals surface area (Å²) in [6.07, 6.45) is 4.99. The van der Waals surface area contributed by atoms with Crippen molar-refractivity contribution in [2.75, 3.05) is 10.8 Å². The Labute approximate surface area is 236 Å². The zero-order chi connectivity index (χ0) is 28.7. The maximum atomic E-state index is 13.9. The Balaban J connectivity index is 1.37. The van der Waals surface area contributed by atoms with Crippen LogP contribution in [-0.4, -0.2) is 46.4 Å². The lowest BCUT2D eigenvalue weighted by Gasteiger charge is -2.23. The first-order chi connectivity index (χ1) is 19.7. The molecule has 0 saturated heterocycles. The predicted octanol–water partition coefficient (Wildman–Crippen LogP) is 4.27. The highest BCUT2D eigenvalue weighted by molar-refractivity contribution is 7.93. The molecule has 1 fully saturated rings. The van der Waals surface area contributed by atoms with Crippen LogP contribution in [0.1, 0.15) is 35.8 Å². The first kappa shape index (κ1) is 26.5. The minimum absolute atomic E-state index is 0.0264. The van der Waals surface area contributed by atoms with E-state index < -0.39 is 22.5 Å². The van der Waals surface area contributed by atoms with Gasteiger partial charge in [0.25, 0.3) is 10.0 Å². The van der Waals surface area contributed by atoms with Crippen molar-refractivity contribution in [2.45, 2.75) is 36.6 Å². The molecule has 2 heterocycles. The summed E-state index contributed by atoms with van der Waals surface area (Å²) in [6.45, 7) is -0.747. The quantitative estimate of drug-likeness (QED) is 0.168. The van der Waals surface area contributed by atoms with Gasteiger partial charge < -0.3 is 15.4 Å². The van der Waals surface area contributed by atoms with Crippen molar-refractivity contribution in [3.8, 4) is 0 Å². The molecule has 0 radical (unpaired) electrons. The highest BCUT2D eigenvalue weighted by Gasteiger charge is 2.31. The number of carboxylic acid groups (broad SMARTS) is 1. The topological polar surface area (TPSA) is 155 Å². The van der Waals surface area contributed by atoms with E-state index in [1.54, 1.807) is 36.4 Å². The summed E-state index contributed by atoms with van der Waals surface area (Å²) in [5, 5.41) is 17.9. The third kappa shape index (κ3) is 5.11. The van der Waals surface area contributed by atoms with Crippen LogP contribution in [0.2, 0.25) is 0 Å². The van der Waals surface area contributed by atoms with Gasteiger partial charge in [-0.05, 0) is 55.2 Å². The molecule has 208 valence electrons. The second-order valence-electron chi connectivity index (χ2n) is 10.1. The predicted molar refractivity (Wildman–Crippen MR) is 157 cm³/mol. The molecule has 5 aromatic rings. The average molecular weight is 569 g/mol. The molecule has 1 aliphatic rings. The van der Waals surface area contributed by atoms with Gasteiger partial charge in [-0.15, -0.1) is 0 Å². The fourth-order valence-electron chi connectivity index (χ4n) is 5.16. The number of nitrogens with zero attached hydrogens (tertiary/aromatic N) is 4. The van der Waals surface area contributed by atoms with Crippen molar-refractivity contribution in [3.63, 3.8) is 0 Å². The number of amidine groups is 1. The van der Waals surface area contributed by atoms with Gasteiger partial charge in [0.1, 0.15) is 23.1 Å². The Morgan fingerprint density at radius 3 is 2.51 bits per heavy atom. The van der Waals surface area contributed by atoms with Gasteiger partial charge in [0.15, 0.2) is 0 Å². The smallest absolute Gasteiger partial charge is 0.324 e. The maximum Gasteiger partial charge on any atom is 0.324 e. The van der Waals surface area contributed by atoms with Crippen LogP contribution in [0.25, 0.3) is 21.9 Å². The van der Waals surface area contributed by atoms with Gasteiger partial charge in [0.05, 0.1) is 22.2 Å². The largest absolute Gasteiger partial charge is 0.480 e. The first-order valence-electron chi connectivity index (χ1n) is 13.2. The van der Waals surface area contributed by atoms with E-state index in [4.69, 9.17) is 16.1 Å². The second kappa shape index (κ2) is 10.3. The number of aryl methyl sites for hydroxylation is 2. The van der Waals surface area contributed by atoms with Crippen LogP contribution in [0.5, 0.6) is 0 Å². The van der Waals surface area contributed by atoms with Gasteiger partial charge in [-0.1, -0.05) is 42.5 Å². The van der Waals surface area contributed by atoms with Crippen molar-refractivity contribution in [3.05, 3.63) is 95.9 Å². The minimum atomic E-state index is -4.28. The Bertz CT molecular complexity index is 1910. The molecule has 6 rings (SSSR count). The van der Waals surface area contributed by atoms with Crippen molar-refractivity contribution >= 4 is 49.5 Å². The standard InChI is InChI=1S/C30H28N6O4S/c31-30(32)21-9-6-19(7-10-21)8-15-27-34-24-17-23(13-14-25(24)36(27)22-11-12-22)35(18-28(37)38)41(39,40)26-5-1-3-20-4-2-16-33-29(20)26/h1-7,9-10,13-14,16-17,22H,8,11-12,15,18H2,(H3,31,32)(H,37,38). The highest BCUT2D eigenvalue weighted by Crippen LogP contribution is 2.40. The van der Waals surface area contributed by atoms with Crippen LogP contribution in [0, 0.1) is 5.41 Å². The van der Waals surface area contributed by atoms with Crippen molar-refractivity contribution in [1.29, 1.82) is 5.41 Å². The molecule has 0 bridgehead atoms. The second-order valence-corrected chi connectivity index (χ2v) is 12.0. The number of hydrogen-bond donors (Lipinski definition) is 3.